The number of rotatable bonds is 6. The Bertz CT molecular complexity index is 1110. The third-order valence-electron chi connectivity index (χ3n) is 3.90. The van der Waals surface area contributed by atoms with Crippen LogP contribution in [0.25, 0.3) is 22.6 Å². The molecule has 1 N–H and O–H groups in total. The van der Waals surface area contributed by atoms with Gasteiger partial charge in [-0.1, -0.05) is 35.5 Å². The third kappa shape index (κ3) is 4.46. The van der Waals surface area contributed by atoms with Crippen LogP contribution < -0.4 is 10.1 Å². The fraction of sp³-hybridized carbons (Fsp3) is 0.0500. The minimum absolute atomic E-state index is 0.0627. The van der Waals surface area contributed by atoms with E-state index >= 15 is 0 Å². The monoisotopic (exact) mass is 413 g/mol. The summed E-state index contributed by atoms with van der Waals surface area (Å²) in [5.41, 5.74) is 2.25. The van der Waals surface area contributed by atoms with Gasteiger partial charge in [-0.15, -0.1) is 11.3 Å². The van der Waals surface area contributed by atoms with Gasteiger partial charge in [-0.3, -0.25) is 10.1 Å². The summed E-state index contributed by atoms with van der Waals surface area (Å²) >= 11 is 1.23. The molecule has 9 heteroatoms. The lowest BCUT2D eigenvalue weighted by molar-refractivity contribution is -0.0498. The average molecular weight is 413 g/mol. The van der Waals surface area contributed by atoms with Crippen molar-refractivity contribution in [3.05, 3.63) is 71.7 Å². The molecule has 0 fully saturated rings. The van der Waals surface area contributed by atoms with Gasteiger partial charge in [-0.05, 0) is 24.3 Å². The Hall–Kier alpha value is -3.59. The maximum Gasteiger partial charge on any atom is 0.387 e. The molecular formula is C20H13F2N3O3S. The van der Waals surface area contributed by atoms with E-state index in [0.717, 1.165) is 5.56 Å². The van der Waals surface area contributed by atoms with Crippen LogP contribution in [0, 0.1) is 0 Å². The number of carbonyl (C=O) groups excluding carboxylic acids is 1. The first-order chi connectivity index (χ1) is 14.1. The largest absolute Gasteiger partial charge is 0.435 e. The lowest BCUT2D eigenvalue weighted by atomic mass is 10.1. The number of nitrogens with one attached hydrogen (secondary N) is 1. The number of hydrogen-bond acceptors (Lipinski definition) is 6. The molecule has 0 spiro atoms. The highest BCUT2D eigenvalue weighted by molar-refractivity contribution is 7.14. The van der Waals surface area contributed by atoms with Crippen molar-refractivity contribution in [2.45, 2.75) is 6.61 Å². The number of thiazole rings is 1. The zero-order valence-electron chi connectivity index (χ0n) is 14.7. The quantitative estimate of drug-likeness (QED) is 0.463. The van der Waals surface area contributed by atoms with Crippen molar-refractivity contribution in [2.75, 3.05) is 5.32 Å². The molecule has 0 radical (unpaired) electrons. The van der Waals surface area contributed by atoms with Gasteiger partial charge in [0.05, 0.1) is 5.69 Å². The first kappa shape index (κ1) is 18.8. The van der Waals surface area contributed by atoms with E-state index in [2.05, 4.69) is 20.2 Å². The SMILES string of the molecule is O=C(Nc1nc(-c2ccc(OC(F)F)cc2)cs1)c1cc(-c2ccccc2)on1. The predicted molar refractivity (Wildman–Crippen MR) is 104 cm³/mol. The number of aromatic nitrogens is 2. The molecule has 2 heterocycles. The van der Waals surface area contributed by atoms with Gasteiger partial charge in [0.1, 0.15) is 5.75 Å². The Morgan fingerprint density at radius 3 is 2.55 bits per heavy atom. The number of benzene rings is 2. The summed E-state index contributed by atoms with van der Waals surface area (Å²) in [6.45, 7) is -2.87. The van der Waals surface area contributed by atoms with E-state index in [1.54, 1.807) is 23.6 Å². The van der Waals surface area contributed by atoms with Crippen molar-refractivity contribution in [3.8, 4) is 28.3 Å². The average Bonchev–Trinajstić information content (AvgIpc) is 3.39. The molecule has 0 unspecified atom stereocenters. The fourth-order valence-electron chi connectivity index (χ4n) is 2.55. The number of amides is 1. The minimum atomic E-state index is -2.87. The second-order valence-electron chi connectivity index (χ2n) is 5.84. The van der Waals surface area contributed by atoms with Crippen LogP contribution in [0.4, 0.5) is 13.9 Å². The lowest BCUT2D eigenvalue weighted by Gasteiger charge is -2.04. The highest BCUT2D eigenvalue weighted by atomic mass is 32.1. The van der Waals surface area contributed by atoms with Crippen molar-refractivity contribution in [3.63, 3.8) is 0 Å². The molecule has 4 aromatic rings. The van der Waals surface area contributed by atoms with Crippen LogP contribution >= 0.6 is 11.3 Å². The standard InChI is InChI=1S/C20H13F2N3O3S/c21-19(22)27-14-8-6-12(7-9-14)16-11-29-20(23-16)24-18(26)15-10-17(28-25-15)13-4-2-1-3-5-13/h1-11,19H,(H,23,24,26). The molecule has 1 amide bonds. The molecule has 0 aliphatic rings. The van der Waals surface area contributed by atoms with Crippen molar-refractivity contribution in [2.24, 2.45) is 0 Å². The molecule has 6 nitrogen and oxygen atoms in total. The molecule has 0 bridgehead atoms. The Morgan fingerprint density at radius 1 is 1.07 bits per heavy atom. The van der Waals surface area contributed by atoms with Crippen molar-refractivity contribution in [1.82, 2.24) is 10.1 Å². The van der Waals surface area contributed by atoms with E-state index in [4.69, 9.17) is 4.52 Å². The van der Waals surface area contributed by atoms with E-state index < -0.39 is 12.5 Å². The Balaban J connectivity index is 1.44. The maximum absolute atomic E-state index is 12.4. The fourth-order valence-corrected chi connectivity index (χ4v) is 3.27. The van der Waals surface area contributed by atoms with Gasteiger partial charge < -0.3 is 9.26 Å². The summed E-state index contributed by atoms with van der Waals surface area (Å²) in [4.78, 5) is 16.7. The molecule has 146 valence electrons. The van der Waals surface area contributed by atoms with E-state index in [1.807, 2.05) is 30.3 Å². The molecular weight excluding hydrogens is 400 g/mol. The van der Waals surface area contributed by atoms with Gasteiger partial charge in [0, 0.05) is 22.6 Å². The van der Waals surface area contributed by atoms with Crippen molar-refractivity contribution in [1.29, 1.82) is 0 Å². The Morgan fingerprint density at radius 2 is 1.83 bits per heavy atom. The summed E-state index contributed by atoms with van der Waals surface area (Å²) in [5.74, 6) is 0.104. The maximum atomic E-state index is 12.4. The number of halogens is 2. The summed E-state index contributed by atoms with van der Waals surface area (Å²) < 4.78 is 34.0. The second kappa shape index (κ2) is 8.19. The number of carbonyl (C=O) groups is 1. The number of hydrogen-bond donors (Lipinski definition) is 1. The first-order valence-electron chi connectivity index (χ1n) is 8.43. The smallest absolute Gasteiger partial charge is 0.387 e. The normalized spacial score (nSPS) is 10.9. The predicted octanol–water partition coefficient (Wildman–Crippen LogP) is 5.32. The van der Waals surface area contributed by atoms with Crippen LogP contribution in [0.15, 0.2) is 70.6 Å². The van der Waals surface area contributed by atoms with Crippen LogP contribution in [0.3, 0.4) is 0 Å². The summed E-state index contributed by atoms with van der Waals surface area (Å²) in [5, 5.41) is 8.60. The van der Waals surface area contributed by atoms with Gasteiger partial charge in [-0.25, -0.2) is 4.98 Å². The van der Waals surface area contributed by atoms with Crippen LogP contribution in [-0.2, 0) is 0 Å². The lowest BCUT2D eigenvalue weighted by Crippen LogP contribution is -2.11. The minimum Gasteiger partial charge on any atom is -0.435 e. The number of alkyl halides is 2. The molecule has 0 aliphatic carbocycles. The van der Waals surface area contributed by atoms with Crippen molar-refractivity contribution < 1.29 is 22.8 Å². The molecule has 29 heavy (non-hydrogen) atoms. The van der Waals surface area contributed by atoms with Gasteiger partial charge in [0.15, 0.2) is 16.6 Å². The molecule has 4 rings (SSSR count). The van der Waals surface area contributed by atoms with Gasteiger partial charge in [0.2, 0.25) is 0 Å². The van der Waals surface area contributed by atoms with Gasteiger partial charge in [-0.2, -0.15) is 8.78 Å². The zero-order valence-corrected chi connectivity index (χ0v) is 15.5. The van der Waals surface area contributed by atoms with Crippen LogP contribution in [0.1, 0.15) is 10.5 Å². The van der Waals surface area contributed by atoms with Gasteiger partial charge in [0.25, 0.3) is 5.91 Å². The van der Waals surface area contributed by atoms with Crippen molar-refractivity contribution >= 4 is 22.4 Å². The summed E-state index contributed by atoms with van der Waals surface area (Å²) in [6.07, 6.45) is 0. The third-order valence-corrected chi connectivity index (χ3v) is 4.66. The van der Waals surface area contributed by atoms with Crippen LogP contribution in [-0.4, -0.2) is 22.7 Å². The summed E-state index contributed by atoms with van der Waals surface area (Å²) in [6, 6.07) is 17.0. The number of nitrogens with zero attached hydrogens (tertiary/aromatic N) is 2. The van der Waals surface area contributed by atoms with E-state index in [0.29, 0.717) is 22.1 Å². The molecule has 2 aromatic carbocycles. The first-order valence-corrected chi connectivity index (χ1v) is 9.31. The van der Waals surface area contributed by atoms with Gasteiger partial charge >= 0.3 is 6.61 Å². The molecule has 0 saturated heterocycles. The molecule has 0 aliphatic heterocycles. The highest BCUT2D eigenvalue weighted by Gasteiger charge is 2.16. The number of anilines is 1. The molecule has 2 aromatic heterocycles. The Labute approximate surface area is 167 Å². The van der Waals surface area contributed by atoms with Crippen LogP contribution in [0.2, 0.25) is 0 Å². The second-order valence-corrected chi connectivity index (χ2v) is 6.70. The number of ether oxygens (including phenoxy) is 1. The topological polar surface area (TPSA) is 77.2 Å². The van der Waals surface area contributed by atoms with E-state index in [-0.39, 0.29) is 11.4 Å². The molecule has 0 atom stereocenters. The highest BCUT2D eigenvalue weighted by Crippen LogP contribution is 2.27. The molecule has 0 saturated carbocycles. The van der Waals surface area contributed by atoms with E-state index in [9.17, 15) is 13.6 Å². The zero-order chi connectivity index (χ0) is 20.2. The van der Waals surface area contributed by atoms with Crippen LogP contribution in [0.5, 0.6) is 5.75 Å². The van der Waals surface area contributed by atoms with E-state index in [1.165, 1.54) is 23.5 Å². The Kier molecular flexibility index (Phi) is 5.30. The summed E-state index contributed by atoms with van der Waals surface area (Å²) in [7, 11) is 0.